The van der Waals surface area contributed by atoms with Crippen LogP contribution in [0.15, 0.2) is 41.2 Å². The highest BCUT2D eigenvalue weighted by Gasteiger charge is 1.93. The highest BCUT2D eigenvalue weighted by Crippen LogP contribution is 2.08. The molecule has 11 heavy (non-hydrogen) atoms. The third kappa shape index (κ3) is 3.40. The number of likely N-dealkylation sites (N-methyl/N-ethyl adjacent to an activating group) is 1. The van der Waals surface area contributed by atoms with Crippen molar-refractivity contribution >= 4 is 6.72 Å². The largest absolute Gasteiger partial charge is 0.389 e. The summed E-state index contributed by atoms with van der Waals surface area (Å²) in [5.41, 5.74) is 2.45. The van der Waals surface area contributed by atoms with Crippen molar-refractivity contribution < 1.29 is 0 Å². The van der Waals surface area contributed by atoms with E-state index in [4.69, 9.17) is 0 Å². The van der Waals surface area contributed by atoms with Crippen LogP contribution in [-0.4, -0.2) is 13.8 Å². The highest BCUT2D eigenvalue weighted by atomic mass is 14.8. The predicted molar refractivity (Wildman–Crippen MR) is 50.6 cm³/mol. The lowest BCUT2D eigenvalue weighted by molar-refractivity contribution is 1.03. The molecule has 0 saturated carbocycles. The van der Waals surface area contributed by atoms with Crippen molar-refractivity contribution in [3.8, 4) is 0 Å². The quantitative estimate of drug-likeness (QED) is 0.480. The molecule has 0 amide bonds. The molecule has 0 bridgehead atoms. The van der Waals surface area contributed by atoms with Gasteiger partial charge in [0.15, 0.2) is 0 Å². The van der Waals surface area contributed by atoms with Gasteiger partial charge in [-0.05, 0) is 25.3 Å². The zero-order valence-corrected chi connectivity index (χ0v) is 7.15. The van der Waals surface area contributed by atoms with Gasteiger partial charge < -0.3 is 5.32 Å². The van der Waals surface area contributed by atoms with Gasteiger partial charge in [0.2, 0.25) is 0 Å². The lowest BCUT2D eigenvalue weighted by atomic mass is 10.2. The zero-order chi connectivity index (χ0) is 8.85. The van der Waals surface area contributed by atoms with Crippen LogP contribution in [0.4, 0.5) is 0 Å². The van der Waals surface area contributed by atoms with Gasteiger partial charge in [-0.3, -0.25) is 4.99 Å². The van der Waals surface area contributed by atoms with Gasteiger partial charge >= 0.3 is 0 Å². The van der Waals surface area contributed by atoms with E-state index >= 15 is 0 Å². The minimum atomic E-state index is 0.768. The molecular weight excluding hydrogens is 136 g/mol. The molecule has 0 aliphatic heterocycles. The molecule has 0 aromatic rings. The molecule has 0 saturated heterocycles. The molecule has 0 spiro atoms. The molecule has 0 unspecified atom stereocenters. The molecular formula is C9H14N2. The molecule has 2 nitrogen and oxygen atoms in total. The van der Waals surface area contributed by atoms with Crippen molar-refractivity contribution in [3.05, 3.63) is 36.2 Å². The van der Waals surface area contributed by atoms with Gasteiger partial charge in [-0.15, -0.1) is 0 Å². The van der Waals surface area contributed by atoms with Crippen LogP contribution in [0.2, 0.25) is 0 Å². The fourth-order valence-corrected chi connectivity index (χ4v) is 0.541. The first kappa shape index (κ1) is 9.69. The number of hydrogen-bond acceptors (Lipinski definition) is 2. The Bertz CT molecular complexity index is 212. The van der Waals surface area contributed by atoms with Crippen molar-refractivity contribution in [3.63, 3.8) is 0 Å². The van der Waals surface area contributed by atoms with Gasteiger partial charge in [0, 0.05) is 12.7 Å². The van der Waals surface area contributed by atoms with E-state index in [1.165, 1.54) is 0 Å². The molecule has 0 radical (unpaired) electrons. The first-order chi connectivity index (χ1) is 5.11. The summed E-state index contributed by atoms with van der Waals surface area (Å²) in [7, 11) is 1.80. The Morgan fingerprint density at radius 2 is 2.00 bits per heavy atom. The van der Waals surface area contributed by atoms with Gasteiger partial charge in [-0.2, -0.15) is 0 Å². The fraction of sp³-hybridized carbons (Fsp3) is 0.222. The van der Waals surface area contributed by atoms with Crippen molar-refractivity contribution in [2.45, 2.75) is 6.92 Å². The molecule has 2 heteroatoms. The number of hydrogen-bond donors (Lipinski definition) is 1. The molecule has 60 valence electrons. The van der Waals surface area contributed by atoms with Gasteiger partial charge in [0.1, 0.15) is 0 Å². The Kier molecular flexibility index (Phi) is 3.96. The van der Waals surface area contributed by atoms with Crippen LogP contribution < -0.4 is 5.32 Å². The number of nitrogens with zero attached hydrogens (tertiary/aromatic N) is 1. The average Bonchev–Trinajstić information content (AvgIpc) is 1.99. The summed E-state index contributed by atoms with van der Waals surface area (Å²) in [6.07, 6.45) is 1.80. The van der Waals surface area contributed by atoms with Crippen molar-refractivity contribution in [1.82, 2.24) is 5.32 Å². The molecule has 1 N–H and O–H groups in total. The summed E-state index contributed by atoms with van der Waals surface area (Å²) in [4.78, 5) is 3.79. The van der Waals surface area contributed by atoms with E-state index in [1.54, 1.807) is 13.1 Å². The van der Waals surface area contributed by atoms with E-state index < -0.39 is 0 Å². The van der Waals surface area contributed by atoms with Gasteiger partial charge in [-0.25, -0.2) is 0 Å². The predicted octanol–water partition coefficient (Wildman–Crippen LogP) is 1.88. The van der Waals surface area contributed by atoms with Crippen LogP contribution in [0.25, 0.3) is 0 Å². The maximum Gasteiger partial charge on any atom is 0.0665 e. The maximum absolute atomic E-state index is 3.79. The maximum atomic E-state index is 3.79. The van der Waals surface area contributed by atoms with Crippen molar-refractivity contribution in [1.29, 1.82) is 0 Å². The van der Waals surface area contributed by atoms with Gasteiger partial charge in [-0.1, -0.05) is 13.2 Å². The standard InChI is InChI=1S/C9H14N2/c1-7(2)9(11-5)6-8(3)10-4/h6,10H,1,3,5H2,2,4H3/b9-6-. The minimum Gasteiger partial charge on any atom is -0.389 e. The van der Waals surface area contributed by atoms with E-state index in [-0.39, 0.29) is 0 Å². The third-order valence-corrected chi connectivity index (χ3v) is 1.24. The molecule has 0 aliphatic rings. The second-order valence-electron chi connectivity index (χ2n) is 2.24. The summed E-state index contributed by atoms with van der Waals surface area (Å²) in [5, 5.41) is 2.88. The molecule has 0 aromatic carbocycles. The second-order valence-corrected chi connectivity index (χ2v) is 2.24. The van der Waals surface area contributed by atoms with Crippen LogP contribution in [-0.2, 0) is 0 Å². The van der Waals surface area contributed by atoms with Crippen LogP contribution in [0, 0.1) is 0 Å². The van der Waals surface area contributed by atoms with Gasteiger partial charge in [0.05, 0.1) is 5.70 Å². The Labute approximate surface area is 68.0 Å². The summed E-state index contributed by atoms with van der Waals surface area (Å²) >= 11 is 0. The zero-order valence-electron chi connectivity index (χ0n) is 7.15. The van der Waals surface area contributed by atoms with E-state index in [0.29, 0.717) is 0 Å². The SMILES string of the molecule is C=N/C(=C\C(=C)NC)C(=C)C. The Morgan fingerprint density at radius 3 is 2.27 bits per heavy atom. The Morgan fingerprint density at radius 1 is 1.45 bits per heavy atom. The van der Waals surface area contributed by atoms with Crippen LogP contribution in [0.1, 0.15) is 6.92 Å². The molecule has 0 aliphatic carbocycles. The highest BCUT2D eigenvalue weighted by molar-refractivity contribution is 5.39. The van der Waals surface area contributed by atoms with Crippen molar-refractivity contribution in [2.75, 3.05) is 7.05 Å². The summed E-state index contributed by atoms with van der Waals surface area (Å²) < 4.78 is 0. The first-order valence-corrected chi connectivity index (χ1v) is 3.32. The number of nitrogens with one attached hydrogen (secondary N) is 1. The molecule has 0 rings (SSSR count). The Hall–Kier alpha value is -1.31. The number of aliphatic imine (C=N–C) groups is 1. The minimum absolute atomic E-state index is 0.768. The second kappa shape index (κ2) is 4.50. The van der Waals surface area contributed by atoms with E-state index in [0.717, 1.165) is 17.0 Å². The van der Waals surface area contributed by atoms with E-state index in [1.807, 2.05) is 6.92 Å². The first-order valence-electron chi connectivity index (χ1n) is 3.32. The summed E-state index contributed by atoms with van der Waals surface area (Å²) in [5.74, 6) is 0. The normalized spacial score (nSPS) is 10.5. The molecule has 0 atom stereocenters. The number of allylic oxidation sites excluding steroid dienone is 2. The van der Waals surface area contributed by atoms with Crippen LogP contribution in [0.5, 0.6) is 0 Å². The monoisotopic (exact) mass is 150 g/mol. The lowest BCUT2D eigenvalue weighted by Gasteiger charge is -2.01. The summed E-state index contributed by atoms with van der Waals surface area (Å²) in [6.45, 7) is 12.8. The molecule has 0 aromatic heterocycles. The summed E-state index contributed by atoms with van der Waals surface area (Å²) in [6, 6.07) is 0. The molecule has 0 heterocycles. The molecule has 0 fully saturated rings. The topological polar surface area (TPSA) is 24.4 Å². The average molecular weight is 150 g/mol. The van der Waals surface area contributed by atoms with E-state index in [9.17, 15) is 0 Å². The lowest BCUT2D eigenvalue weighted by Crippen LogP contribution is -2.01. The number of rotatable bonds is 4. The fourth-order valence-electron chi connectivity index (χ4n) is 0.541. The smallest absolute Gasteiger partial charge is 0.0665 e. The van der Waals surface area contributed by atoms with Crippen LogP contribution >= 0.6 is 0 Å². The van der Waals surface area contributed by atoms with Crippen molar-refractivity contribution in [2.24, 2.45) is 4.99 Å². The van der Waals surface area contributed by atoms with Crippen LogP contribution in [0.3, 0.4) is 0 Å². The Balaban J connectivity index is 4.48. The van der Waals surface area contributed by atoms with Gasteiger partial charge in [0.25, 0.3) is 0 Å². The van der Waals surface area contributed by atoms with E-state index in [2.05, 4.69) is 30.2 Å². The third-order valence-electron chi connectivity index (χ3n) is 1.24.